The van der Waals surface area contributed by atoms with Crippen molar-refractivity contribution in [3.05, 3.63) is 65.2 Å². The quantitative estimate of drug-likeness (QED) is 0.821. The maximum atomic E-state index is 13.1. The number of nitrogens with zero attached hydrogens (tertiary/aromatic N) is 2. The monoisotopic (exact) mass is 407 g/mol. The highest BCUT2D eigenvalue weighted by atomic mass is 16.2. The van der Waals surface area contributed by atoms with Gasteiger partial charge in [0, 0.05) is 49.4 Å². The van der Waals surface area contributed by atoms with Crippen molar-refractivity contribution < 1.29 is 9.59 Å². The molecule has 160 valence electrons. The molecule has 0 bridgehead atoms. The van der Waals surface area contributed by atoms with Gasteiger partial charge < -0.3 is 10.2 Å². The number of aryl methyl sites for hydroxylation is 1. The largest absolute Gasteiger partial charge is 0.337 e. The molecule has 0 radical (unpaired) electrons. The Kier molecular flexibility index (Phi) is 6.93. The molecule has 1 N–H and O–H groups in total. The number of anilines is 1. The fourth-order valence-corrected chi connectivity index (χ4v) is 3.51. The van der Waals surface area contributed by atoms with Crippen molar-refractivity contribution >= 4 is 17.5 Å². The maximum Gasteiger partial charge on any atom is 0.253 e. The third-order valence-electron chi connectivity index (χ3n) is 5.45. The maximum absolute atomic E-state index is 13.1. The molecule has 1 aliphatic heterocycles. The number of rotatable bonds is 4. The number of hydrogen-bond acceptors (Lipinski definition) is 3. The predicted octanol–water partition coefficient (Wildman–Crippen LogP) is 4.33. The van der Waals surface area contributed by atoms with E-state index in [2.05, 4.69) is 41.4 Å². The zero-order valence-corrected chi connectivity index (χ0v) is 18.6. The van der Waals surface area contributed by atoms with Crippen LogP contribution in [0.2, 0.25) is 0 Å². The first-order chi connectivity index (χ1) is 14.2. The molecule has 1 fully saturated rings. The molecule has 0 saturated carbocycles. The number of carbonyl (C=O) groups is 2. The first-order valence-electron chi connectivity index (χ1n) is 10.7. The van der Waals surface area contributed by atoms with Gasteiger partial charge in [0.25, 0.3) is 5.91 Å². The molecule has 5 nitrogen and oxygen atoms in total. The van der Waals surface area contributed by atoms with Crippen molar-refractivity contribution in [2.45, 2.75) is 40.7 Å². The Labute approximate surface area is 180 Å². The van der Waals surface area contributed by atoms with Crippen molar-refractivity contribution in [2.24, 2.45) is 5.41 Å². The molecular formula is C25H33N3O2. The van der Waals surface area contributed by atoms with E-state index in [-0.39, 0.29) is 11.8 Å². The van der Waals surface area contributed by atoms with Gasteiger partial charge in [-0.05, 0) is 37.1 Å². The van der Waals surface area contributed by atoms with Gasteiger partial charge in [-0.2, -0.15) is 0 Å². The molecule has 1 heterocycles. The molecule has 0 atom stereocenters. The number of carbonyl (C=O) groups excluding carboxylic acids is 2. The van der Waals surface area contributed by atoms with Crippen LogP contribution in [0.3, 0.4) is 0 Å². The van der Waals surface area contributed by atoms with E-state index < -0.39 is 5.41 Å². The number of hydrogen-bond donors (Lipinski definition) is 1. The standard InChI is InChI=1S/C25H33N3O2/c1-19-9-11-20(12-10-19)18-27-13-6-14-28(16-15-27)23(29)21-7-5-8-22(17-21)26-24(30)25(2,3)4/h5,7-12,17H,6,13-16,18H2,1-4H3,(H,26,30). The molecule has 2 amide bonds. The second kappa shape index (κ2) is 9.43. The van der Waals surface area contributed by atoms with E-state index in [4.69, 9.17) is 0 Å². The van der Waals surface area contributed by atoms with Crippen LogP contribution in [0.25, 0.3) is 0 Å². The zero-order chi connectivity index (χ0) is 21.7. The minimum atomic E-state index is -0.480. The third kappa shape index (κ3) is 5.92. The molecule has 2 aromatic rings. The molecular weight excluding hydrogens is 374 g/mol. The zero-order valence-electron chi connectivity index (χ0n) is 18.6. The van der Waals surface area contributed by atoms with Gasteiger partial charge in [0.05, 0.1) is 0 Å². The van der Waals surface area contributed by atoms with E-state index in [1.165, 1.54) is 11.1 Å². The Morgan fingerprint density at radius 3 is 2.40 bits per heavy atom. The first kappa shape index (κ1) is 22.0. The van der Waals surface area contributed by atoms with Crippen molar-refractivity contribution in [1.29, 1.82) is 0 Å². The molecule has 3 rings (SSSR count). The van der Waals surface area contributed by atoms with E-state index in [9.17, 15) is 9.59 Å². The van der Waals surface area contributed by atoms with E-state index in [1.807, 2.05) is 43.9 Å². The molecule has 0 unspecified atom stereocenters. The topological polar surface area (TPSA) is 52.6 Å². The molecule has 0 aliphatic carbocycles. The average molecular weight is 408 g/mol. The van der Waals surface area contributed by atoms with Gasteiger partial charge in [-0.3, -0.25) is 14.5 Å². The highest BCUT2D eigenvalue weighted by Crippen LogP contribution is 2.19. The van der Waals surface area contributed by atoms with Gasteiger partial charge in [-0.15, -0.1) is 0 Å². The Morgan fingerprint density at radius 1 is 0.967 bits per heavy atom. The summed E-state index contributed by atoms with van der Waals surface area (Å²) >= 11 is 0. The normalized spacial score (nSPS) is 15.5. The van der Waals surface area contributed by atoms with Gasteiger partial charge in [0.1, 0.15) is 0 Å². The van der Waals surface area contributed by atoms with Crippen molar-refractivity contribution in [3.8, 4) is 0 Å². The van der Waals surface area contributed by atoms with Gasteiger partial charge in [0.2, 0.25) is 5.91 Å². The lowest BCUT2D eigenvalue weighted by atomic mass is 9.95. The lowest BCUT2D eigenvalue weighted by Crippen LogP contribution is -2.35. The molecule has 0 spiro atoms. The van der Waals surface area contributed by atoms with Crippen LogP contribution in [-0.2, 0) is 11.3 Å². The highest BCUT2D eigenvalue weighted by molar-refractivity contribution is 5.98. The van der Waals surface area contributed by atoms with Crippen LogP contribution in [0.15, 0.2) is 48.5 Å². The first-order valence-corrected chi connectivity index (χ1v) is 10.7. The molecule has 30 heavy (non-hydrogen) atoms. The molecule has 5 heteroatoms. The van der Waals surface area contributed by atoms with Crippen molar-refractivity contribution in [1.82, 2.24) is 9.80 Å². The Balaban J connectivity index is 1.61. The Hall–Kier alpha value is -2.66. The fourth-order valence-electron chi connectivity index (χ4n) is 3.51. The van der Waals surface area contributed by atoms with Crippen LogP contribution in [0.5, 0.6) is 0 Å². The summed E-state index contributed by atoms with van der Waals surface area (Å²) < 4.78 is 0. The summed E-state index contributed by atoms with van der Waals surface area (Å²) in [6.45, 7) is 11.9. The van der Waals surface area contributed by atoms with E-state index >= 15 is 0 Å². The van der Waals surface area contributed by atoms with Crippen molar-refractivity contribution in [3.63, 3.8) is 0 Å². The summed E-state index contributed by atoms with van der Waals surface area (Å²) in [5.41, 5.74) is 3.38. The van der Waals surface area contributed by atoms with Crippen LogP contribution in [0, 0.1) is 12.3 Å². The molecule has 1 saturated heterocycles. The Morgan fingerprint density at radius 2 is 1.70 bits per heavy atom. The summed E-state index contributed by atoms with van der Waals surface area (Å²) in [7, 11) is 0. The van der Waals surface area contributed by atoms with Gasteiger partial charge in [0.15, 0.2) is 0 Å². The van der Waals surface area contributed by atoms with Crippen molar-refractivity contribution in [2.75, 3.05) is 31.5 Å². The summed E-state index contributed by atoms with van der Waals surface area (Å²) in [4.78, 5) is 29.7. The van der Waals surface area contributed by atoms with E-state index in [0.29, 0.717) is 17.8 Å². The second-order valence-corrected chi connectivity index (χ2v) is 9.19. The van der Waals surface area contributed by atoms with Crippen LogP contribution >= 0.6 is 0 Å². The molecule has 1 aliphatic rings. The fraction of sp³-hybridized carbons (Fsp3) is 0.440. The van der Waals surface area contributed by atoms with Gasteiger partial charge in [-0.1, -0.05) is 56.7 Å². The lowest BCUT2D eigenvalue weighted by Gasteiger charge is -2.23. The average Bonchev–Trinajstić information content (AvgIpc) is 2.94. The van der Waals surface area contributed by atoms with Gasteiger partial charge >= 0.3 is 0 Å². The number of benzene rings is 2. The molecule has 2 aromatic carbocycles. The highest BCUT2D eigenvalue weighted by Gasteiger charge is 2.23. The SMILES string of the molecule is Cc1ccc(CN2CCCN(C(=O)c3cccc(NC(=O)C(C)(C)C)c3)CC2)cc1. The molecule has 0 aromatic heterocycles. The second-order valence-electron chi connectivity index (χ2n) is 9.19. The van der Waals surface area contributed by atoms with E-state index in [1.54, 1.807) is 6.07 Å². The summed E-state index contributed by atoms with van der Waals surface area (Å²) in [6, 6.07) is 15.9. The third-order valence-corrected chi connectivity index (χ3v) is 5.45. The number of amides is 2. The smallest absolute Gasteiger partial charge is 0.253 e. The van der Waals surface area contributed by atoms with Crippen LogP contribution in [-0.4, -0.2) is 47.8 Å². The summed E-state index contributed by atoms with van der Waals surface area (Å²) in [5, 5.41) is 2.91. The minimum Gasteiger partial charge on any atom is -0.337 e. The van der Waals surface area contributed by atoms with Crippen LogP contribution in [0.4, 0.5) is 5.69 Å². The Bertz CT molecular complexity index is 884. The van der Waals surface area contributed by atoms with Crippen LogP contribution in [0.1, 0.15) is 48.7 Å². The lowest BCUT2D eigenvalue weighted by molar-refractivity contribution is -0.123. The van der Waals surface area contributed by atoms with Gasteiger partial charge in [-0.25, -0.2) is 0 Å². The van der Waals surface area contributed by atoms with E-state index in [0.717, 1.165) is 32.6 Å². The number of nitrogens with one attached hydrogen (secondary N) is 1. The summed E-state index contributed by atoms with van der Waals surface area (Å²) in [5.74, 6) is -0.0346. The van der Waals surface area contributed by atoms with Crippen LogP contribution < -0.4 is 5.32 Å². The summed E-state index contributed by atoms with van der Waals surface area (Å²) in [6.07, 6.45) is 0.956. The predicted molar refractivity (Wildman–Crippen MR) is 122 cm³/mol. The minimum absolute atomic E-state index is 0.0269.